The molecule has 8 heteroatoms. The van der Waals surface area contributed by atoms with Gasteiger partial charge in [0.25, 0.3) is 0 Å². The average Bonchev–Trinajstić information content (AvgIpc) is 2.76. The van der Waals surface area contributed by atoms with Crippen LogP contribution in [0.4, 0.5) is 0 Å². The van der Waals surface area contributed by atoms with Crippen LogP contribution in [0.2, 0.25) is 36.3 Å². The van der Waals surface area contributed by atoms with Gasteiger partial charge < -0.3 is 23.1 Å². The Bertz CT molecular complexity index is 775. The number of methoxy groups -OCH3 is 1. The van der Waals surface area contributed by atoms with Gasteiger partial charge in [-0.25, -0.2) is 0 Å². The molecule has 1 saturated heterocycles. The second-order valence-corrected chi connectivity index (χ2v) is 24.3. The Hall–Kier alpha value is 0.0238. The number of ether oxygens (including phenoxy) is 3. The number of benzene rings is 1. The van der Waals surface area contributed by atoms with Gasteiger partial charge in [0, 0.05) is 5.92 Å². The normalized spacial score (nSPS) is 26.2. The van der Waals surface area contributed by atoms with Gasteiger partial charge in [0.05, 0.1) is 49.2 Å². The first kappa shape index (κ1) is 32.2. The van der Waals surface area contributed by atoms with E-state index in [9.17, 15) is 0 Å². The molecular formula is C28H51IO5Si2. The third-order valence-corrected chi connectivity index (χ3v) is 19.1. The van der Waals surface area contributed by atoms with Crippen molar-refractivity contribution in [3.8, 4) is 5.75 Å². The van der Waals surface area contributed by atoms with Crippen LogP contribution in [0.15, 0.2) is 24.3 Å². The second-order valence-electron chi connectivity index (χ2n) is 13.3. The first-order valence-electron chi connectivity index (χ1n) is 13.2. The zero-order valence-electron chi connectivity index (χ0n) is 24.7. The summed E-state index contributed by atoms with van der Waals surface area (Å²) in [4.78, 5) is 0. The summed E-state index contributed by atoms with van der Waals surface area (Å²) in [6.45, 7) is 26.9. The smallest absolute Gasteiger partial charge is 0.192 e. The fourth-order valence-electron chi connectivity index (χ4n) is 3.63. The number of rotatable bonds is 10. The van der Waals surface area contributed by atoms with Crippen molar-refractivity contribution in [1.29, 1.82) is 0 Å². The standard InChI is InChI=1S/C28H51IO5Si2/c1-20-23(18-32-35(9,10)27(2,3)4)34-24(19-33-36(11,12)28(5,6)7)25(29)26(20)31-17-21-13-15-22(30-8)16-14-21/h13-16,20,23-26H,17-19H2,1-12H3/t20-,23+,24-,25-,26+/m0/s1. The Labute approximate surface area is 236 Å². The van der Waals surface area contributed by atoms with Gasteiger partial charge in [-0.3, -0.25) is 0 Å². The topological polar surface area (TPSA) is 46.2 Å². The monoisotopic (exact) mass is 650 g/mol. The van der Waals surface area contributed by atoms with E-state index in [-0.39, 0.29) is 38.2 Å². The van der Waals surface area contributed by atoms with Crippen LogP contribution < -0.4 is 4.74 Å². The van der Waals surface area contributed by atoms with Gasteiger partial charge in [-0.2, -0.15) is 0 Å². The van der Waals surface area contributed by atoms with Crippen LogP contribution in [0.1, 0.15) is 54.0 Å². The van der Waals surface area contributed by atoms with Gasteiger partial charge in [-0.05, 0) is 54.0 Å². The first-order chi connectivity index (χ1) is 16.4. The highest BCUT2D eigenvalue weighted by Gasteiger charge is 2.46. The van der Waals surface area contributed by atoms with Crippen LogP contribution in [-0.2, 0) is 24.9 Å². The minimum absolute atomic E-state index is 0.0287. The van der Waals surface area contributed by atoms with Gasteiger partial charge in [-0.15, -0.1) is 0 Å². The fraction of sp³-hybridized carbons (Fsp3) is 0.786. The van der Waals surface area contributed by atoms with Crippen LogP contribution >= 0.6 is 22.6 Å². The number of alkyl halides is 1. The van der Waals surface area contributed by atoms with Crippen LogP contribution in [-0.4, -0.2) is 59.2 Å². The van der Waals surface area contributed by atoms with Gasteiger partial charge in [0.2, 0.25) is 0 Å². The first-order valence-corrected chi connectivity index (χ1v) is 20.3. The van der Waals surface area contributed by atoms with E-state index in [2.05, 4.69) is 109 Å². The number of halogens is 1. The summed E-state index contributed by atoms with van der Waals surface area (Å²) in [7, 11) is -2.10. The lowest BCUT2D eigenvalue weighted by atomic mass is 9.90. The summed E-state index contributed by atoms with van der Waals surface area (Å²) in [5.74, 6) is 1.06. The molecule has 1 fully saturated rings. The van der Waals surface area contributed by atoms with Crippen molar-refractivity contribution in [3.63, 3.8) is 0 Å². The molecule has 5 atom stereocenters. The highest BCUT2D eigenvalue weighted by Crippen LogP contribution is 2.40. The molecule has 0 N–H and O–H groups in total. The molecule has 0 amide bonds. The van der Waals surface area contributed by atoms with Crippen LogP contribution in [0.25, 0.3) is 0 Å². The van der Waals surface area contributed by atoms with Crippen molar-refractivity contribution in [1.82, 2.24) is 0 Å². The molecular weight excluding hydrogens is 599 g/mol. The van der Waals surface area contributed by atoms with Crippen molar-refractivity contribution in [2.24, 2.45) is 5.92 Å². The Balaban J connectivity index is 2.19. The van der Waals surface area contributed by atoms with Gasteiger partial charge in [-0.1, -0.05) is 83.2 Å². The highest BCUT2D eigenvalue weighted by molar-refractivity contribution is 14.1. The van der Waals surface area contributed by atoms with Gasteiger partial charge in [0.15, 0.2) is 16.6 Å². The SMILES string of the molecule is COc1ccc(CO[C@@H]2[C@@H](C)[C@@H](CO[Si](C)(C)C(C)(C)C)O[C@@H](CO[Si](C)(C)C(C)(C)C)[C@@H]2I)cc1. The van der Waals surface area contributed by atoms with Gasteiger partial charge >= 0.3 is 0 Å². The summed E-state index contributed by atoms with van der Waals surface area (Å²) in [6, 6.07) is 8.11. The van der Waals surface area contributed by atoms with Crippen LogP contribution in [0.3, 0.4) is 0 Å². The molecule has 0 spiro atoms. The Morgan fingerprint density at radius 3 is 1.75 bits per heavy atom. The fourth-order valence-corrected chi connectivity index (χ4v) is 6.90. The quantitative estimate of drug-likeness (QED) is 0.147. The molecule has 1 aromatic rings. The summed E-state index contributed by atoms with van der Waals surface area (Å²) >= 11 is 2.52. The Kier molecular flexibility index (Phi) is 11.2. The minimum atomic E-state index is -1.89. The number of hydrogen-bond acceptors (Lipinski definition) is 5. The second kappa shape index (κ2) is 12.5. The molecule has 0 saturated carbocycles. The summed E-state index contributed by atoms with van der Waals surface area (Å²) < 4.78 is 32.1. The largest absolute Gasteiger partial charge is 0.497 e. The number of hydrogen-bond donors (Lipinski definition) is 0. The third kappa shape index (κ3) is 8.26. The van der Waals surface area contributed by atoms with Crippen molar-refractivity contribution in [3.05, 3.63) is 29.8 Å². The van der Waals surface area contributed by atoms with Crippen LogP contribution in [0, 0.1) is 5.92 Å². The van der Waals surface area contributed by atoms with Gasteiger partial charge in [0.1, 0.15) is 5.75 Å². The van der Waals surface area contributed by atoms with E-state index in [0.717, 1.165) is 11.3 Å². The molecule has 0 aromatic heterocycles. The molecule has 0 radical (unpaired) electrons. The van der Waals surface area contributed by atoms with E-state index < -0.39 is 16.6 Å². The van der Waals surface area contributed by atoms with E-state index in [1.165, 1.54) is 0 Å². The average molecular weight is 651 g/mol. The lowest BCUT2D eigenvalue weighted by Crippen LogP contribution is -2.57. The molecule has 1 heterocycles. The molecule has 1 aliphatic heterocycles. The molecule has 0 bridgehead atoms. The Morgan fingerprint density at radius 2 is 1.31 bits per heavy atom. The van der Waals surface area contributed by atoms with E-state index in [4.69, 9.17) is 23.1 Å². The molecule has 2 rings (SSSR count). The predicted molar refractivity (Wildman–Crippen MR) is 164 cm³/mol. The molecule has 0 unspecified atom stereocenters. The summed E-state index contributed by atoms with van der Waals surface area (Å²) in [6.07, 6.45) is -0.0219. The van der Waals surface area contributed by atoms with E-state index >= 15 is 0 Å². The summed E-state index contributed by atoms with van der Waals surface area (Å²) in [5.41, 5.74) is 1.14. The third-order valence-electron chi connectivity index (χ3n) is 8.55. The Morgan fingerprint density at radius 1 is 0.833 bits per heavy atom. The molecule has 208 valence electrons. The molecule has 1 aromatic carbocycles. The maximum Gasteiger partial charge on any atom is 0.192 e. The molecule has 1 aliphatic rings. The highest BCUT2D eigenvalue weighted by atomic mass is 127. The zero-order valence-corrected chi connectivity index (χ0v) is 28.9. The van der Waals surface area contributed by atoms with Crippen molar-refractivity contribution < 1.29 is 23.1 Å². The molecule has 36 heavy (non-hydrogen) atoms. The predicted octanol–water partition coefficient (Wildman–Crippen LogP) is 7.83. The zero-order chi connectivity index (χ0) is 27.5. The summed E-state index contributed by atoms with van der Waals surface area (Å²) in [5, 5.41) is 0.316. The maximum absolute atomic E-state index is 6.73. The van der Waals surface area contributed by atoms with Crippen LogP contribution in [0.5, 0.6) is 5.75 Å². The van der Waals surface area contributed by atoms with E-state index in [1.54, 1.807) is 7.11 Å². The van der Waals surface area contributed by atoms with Crippen molar-refractivity contribution in [2.75, 3.05) is 20.3 Å². The van der Waals surface area contributed by atoms with E-state index in [1.807, 2.05) is 12.1 Å². The van der Waals surface area contributed by atoms with Crippen molar-refractivity contribution >= 4 is 39.2 Å². The lowest BCUT2D eigenvalue weighted by Gasteiger charge is -2.46. The lowest BCUT2D eigenvalue weighted by molar-refractivity contribution is -0.162. The van der Waals surface area contributed by atoms with Crippen molar-refractivity contribution in [2.45, 2.75) is 114 Å². The molecule has 5 nitrogen and oxygen atoms in total. The minimum Gasteiger partial charge on any atom is -0.497 e. The van der Waals surface area contributed by atoms with E-state index in [0.29, 0.717) is 19.8 Å². The maximum atomic E-state index is 6.73. The molecule has 0 aliphatic carbocycles.